The van der Waals surface area contributed by atoms with E-state index in [1.165, 1.54) is 29.2 Å². The standard InChI is InChI=1S/C23H15ClN4O4/c24-16-4-5-21(18(9-16)14-2-1-3-15(8-14)23(30)31)32-7-6-28-13-27-20-12-26-17(11-25)10-19(20)22(28)29/h1-5,8-10,12-13H,6-7H2,(H,30,31). The van der Waals surface area contributed by atoms with Gasteiger partial charge in [-0.3, -0.25) is 9.36 Å². The summed E-state index contributed by atoms with van der Waals surface area (Å²) in [6.45, 7) is 0.361. The van der Waals surface area contributed by atoms with Crippen LogP contribution in [0.15, 0.2) is 65.8 Å². The maximum Gasteiger partial charge on any atom is 0.335 e. The lowest BCUT2D eigenvalue weighted by Crippen LogP contribution is -2.23. The number of aromatic carboxylic acids is 1. The topological polar surface area (TPSA) is 118 Å². The van der Waals surface area contributed by atoms with Gasteiger partial charge in [-0.1, -0.05) is 23.7 Å². The Bertz CT molecular complexity index is 1440. The van der Waals surface area contributed by atoms with Gasteiger partial charge in [0.05, 0.1) is 35.5 Å². The molecule has 0 unspecified atom stereocenters. The number of carboxylic acids is 1. The van der Waals surface area contributed by atoms with E-state index in [0.29, 0.717) is 32.8 Å². The first kappa shape index (κ1) is 21.0. The quantitative estimate of drug-likeness (QED) is 0.479. The fourth-order valence-electron chi connectivity index (χ4n) is 3.21. The second-order valence-electron chi connectivity index (χ2n) is 6.82. The number of benzene rings is 2. The molecule has 0 spiro atoms. The summed E-state index contributed by atoms with van der Waals surface area (Å²) in [6.07, 6.45) is 2.79. The maximum absolute atomic E-state index is 12.7. The molecule has 0 saturated carbocycles. The average molecular weight is 447 g/mol. The van der Waals surface area contributed by atoms with Crippen LogP contribution in [0.1, 0.15) is 16.1 Å². The first-order valence-electron chi connectivity index (χ1n) is 9.47. The molecule has 4 rings (SSSR count). The Morgan fingerprint density at radius 2 is 2.03 bits per heavy atom. The molecule has 2 aromatic carbocycles. The highest BCUT2D eigenvalue weighted by atomic mass is 35.5. The van der Waals surface area contributed by atoms with Gasteiger partial charge in [0, 0.05) is 10.6 Å². The number of hydrogen-bond donors (Lipinski definition) is 1. The van der Waals surface area contributed by atoms with Gasteiger partial charge in [-0.2, -0.15) is 5.26 Å². The zero-order valence-corrected chi connectivity index (χ0v) is 17.3. The zero-order valence-electron chi connectivity index (χ0n) is 16.5. The Kier molecular flexibility index (Phi) is 5.83. The van der Waals surface area contributed by atoms with E-state index in [4.69, 9.17) is 21.6 Å². The van der Waals surface area contributed by atoms with Crippen LogP contribution in [0.25, 0.3) is 22.0 Å². The van der Waals surface area contributed by atoms with Crippen LogP contribution in [0, 0.1) is 11.3 Å². The Labute approximate surface area is 186 Å². The summed E-state index contributed by atoms with van der Waals surface area (Å²) in [4.78, 5) is 32.2. The number of carboxylic acid groups (broad SMARTS) is 1. The number of halogens is 1. The van der Waals surface area contributed by atoms with Gasteiger partial charge in [-0.05, 0) is 42.0 Å². The number of nitrogens with zero attached hydrogens (tertiary/aromatic N) is 4. The minimum atomic E-state index is -1.03. The summed E-state index contributed by atoms with van der Waals surface area (Å²) in [5, 5.41) is 19.1. The molecule has 4 aromatic rings. The fourth-order valence-corrected chi connectivity index (χ4v) is 3.38. The van der Waals surface area contributed by atoms with Crippen LogP contribution in [0.3, 0.4) is 0 Å². The lowest BCUT2D eigenvalue weighted by atomic mass is 10.0. The molecule has 2 aromatic heterocycles. The summed E-state index contributed by atoms with van der Waals surface area (Å²) < 4.78 is 7.30. The molecule has 0 atom stereocenters. The number of rotatable bonds is 6. The molecule has 0 aliphatic rings. The number of hydrogen-bond acceptors (Lipinski definition) is 6. The summed E-state index contributed by atoms with van der Waals surface area (Å²) in [5.74, 6) is -0.538. The summed E-state index contributed by atoms with van der Waals surface area (Å²) >= 11 is 6.15. The molecule has 0 aliphatic heterocycles. The summed E-state index contributed by atoms with van der Waals surface area (Å²) in [5.41, 5.74) is 1.67. The highest BCUT2D eigenvalue weighted by Crippen LogP contribution is 2.33. The molecule has 9 heteroatoms. The molecule has 0 aliphatic carbocycles. The van der Waals surface area contributed by atoms with Crippen LogP contribution in [0.5, 0.6) is 5.75 Å². The van der Waals surface area contributed by atoms with Crippen LogP contribution in [0.2, 0.25) is 5.02 Å². The Morgan fingerprint density at radius 3 is 2.81 bits per heavy atom. The number of aromatic nitrogens is 3. The van der Waals surface area contributed by atoms with E-state index in [-0.39, 0.29) is 30.0 Å². The smallest absolute Gasteiger partial charge is 0.335 e. The third-order valence-electron chi connectivity index (χ3n) is 4.78. The number of pyridine rings is 1. The van der Waals surface area contributed by atoms with Crippen molar-refractivity contribution in [1.29, 1.82) is 5.26 Å². The van der Waals surface area contributed by atoms with Gasteiger partial charge in [-0.25, -0.2) is 14.8 Å². The number of fused-ring (bicyclic) bond motifs is 1. The minimum Gasteiger partial charge on any atom is -0.491 e. The van der Waals surface area contributed by atoms with Gasteiger partial charge in [0.1, 0.15) is 24.1 Å². The molecule has 8 nitrogen and oxygen atoms in total. The predicted molar refractivity (Wildman–Crippen MR) is 118 cm³/mol. The van der Waals surface area contributed by atoms with E-state index in [1.807, 2.05) is 6.07 Å². The molecule has 158 valence electrons. The zero-order chi connectivity index (χ0) is 22.7. The molecule has 0 fully saturated rings. The van der Waals surface area contributed by atoms with E-state index >= 15 is 0 Å². The van der Waals surface area contributed by atoms with E-state index in [0.717, 1.165) is 0 Å². The third-order valence-corrected chi connectivity index (χ3v) is 5.01. The lowest BCUT2D eigenvalue weighted by Gasteiger charge is -2.13. The molecule has 32 heavy (non-hydrogen) atoms. The van der Waals surface area contributed by atoms with Crippen molar-refractivity contribution >= 4 is 28.5 Å². The first-order chi connectivity index (χ1) is 15.5. The number of carbonyl (C=O) groups is 1. The van der Waals surface area contributed by atoms with E-state index < -0.39 is 5.97 Å². The van der Waals surface area contributed by atoms with Gasteiger partial charge in [0.2, 0.25) is 0 Å². The van der Waals surface area contributed by atoms with E-state index in [9.17, 15) is 14.7 Å². The van der Waals surface area contributed by atoms with Gasteiger partial charge < -0.3 is 9.84 Å². The molecule has 0 radical (unpaired) electrons. The van der Waals surface area contributed by atoms with E-state index in [1.54, 1.807) is 36.4 Å². The molecule has 2 heterocycles. The van der Waals surface area contributed by atoms with Crippen molar-refractivity contribution in [3.63, 3.8) is 0 Å². The Morgan fingerprint density at radius 1 is 1.19 bits per heavy atom. The second-order valence-corrected chi connectivity index (χ2v) is 7.25. The van der Waals surface area contributed by atoms with Crippen molar-refractivity contribution in [3.05, 3.63) is 87.7 Å². The van der Waals surface area contributed by atoms with Crippen LogP contribution in [-0.4, -0.2) is 32.2 Å². The first-order valence-corrected chi connectivity index (χ1v) is 9.85. The average Bonchev–Trinajstić information content (AvgIpc) is 2.81. The van der Waals surface area contributed by atoms with Crippen molar-refractivity contribution in [2.45, 2.75) is 6.54 Å². The van der Waals surface area contributed by atoms with Crippen LogP contribution in [-0.2, 0) is 6.54 Å². The van der Waals surface area contributed by atoms with Crippen molar-refractivity contribution in [2.75, 3.05) is 6.61 Å². The maximum atomic E-state index is 12.7. The summed E-state index contributed by atoms with van der Waals surface area (Å²) in [6, 6.07) is 14.8. The minimum absolute atomic E-state index is 0.139. The Balaban J connectivity index is 1.58. The molecule has 1 N–H and O–H groups in total. The summed E-state index contributed by atoms with van der Waals surface area (Å²) in [7, 11) is 0. The highest BCUT2D eigenvalue weighted by molar-refractivity contribution is 6.31. The normalized spacial score (nSPS) is 10.6. The largest absolute Gasteiger partial charge is 0.491 e. The van der Waals surface area contributed by atoms with Gasteiger partial charge in [-0.15, -0.1) is 0 Å². The molecule has 0 saturated heterocycles. The van der Waals surface area contributed by atoms with Crippen LogP contribution >= 0.6 is 11.6 Å². The highest BCUT2D eigenvalue weighted by Gasteiger charge is 2.12. The van der Waals surface area contributed by atoms with E-state index in [2.05, 4.69) is 9.97 Å². The fraction of sp³-hybridized carbons (Fsp3) is 0.0870. The van der Waals surface area contributed by atoms with Crippen molar-refractivity contribution in [2.24, 2.45) is 0 Å². The van der Waals surface area contributed by atoms with Crippen molar-refractivity contribution < 1.29 is 14.6 Å². The monoisotopic (exact) mass is 446 g/mol. The Hall–Kier alpha value is -4.22. The van der Waals surface area contributed by atoms with Crippen LogP contribution < -0.4 is 10.3 Å². The lowest BCUT2D eigenvalue weighted by molar-refractivity contribution is 0.0697. The molecule has 0 bridgehead atoms. The number of ether oxygens (including phenoxy) is 1. The number of nitriles is 1. The molecular formula is C23H15ClN4O4. The molecular weight excluding hydrogens is 432 g/mol. The predicted octanol–water partition coefficient (Wildman–Crippen LogP) is 3.76. The second kappa shape index (κ2) is 8.88. The van der Waals surface area contributed by atoms with Crippen LogP contribution in [0.4, 0.5) is 0 Å². The van der Waals surface area contributed by atoms with Gasteiger partial charge in [0.25, 0.3) is 5.56 Å². The van der Waals surface area contributed by atoms with Gasteiger partial charge >= 0.3 is 5.97 Å². The third kappa shape index (κ3) is 4.29. The van der Waals surface area contributed by atoms with Crippen molar-refractivity contribution in [1.82, 2.24) is 14.5 Å². The SMILES string of the molecule is N#Cc1cc2c(=O)n(CCOc3ccc(Cl)cc3-c3cccc(C(=O)O)c3)cnc2cn1. The molecule has 0 amide bonds. The van der Waals surface area contributed by atoms with Crippen molar-refractivity contribution in [3.8, 4) is 22.9 Å². The van der Waals surface area contributed by atoms with Gasteiger partial charge in [0.15, 0.2) is 0 Å².